The fourth-order valence-electron chi connectivity index (χ4n) is 1.26. The van der Waals surface area contributed by atoms with Crippen molar-refractivity contribution in [3.63, 3.8) is 0 Å². The van der Waals surface area contributed by atoms with Crippen LogP contribution in [-0.4, -0.2) is 18.4 Å². The Morgan fingerprint density at radius 3 is 2.07 bits per heavy atom. The van der Waals surface area contributed by atoms with Crippen LogP contribution in [-0.2, 0) is 26.2 Å². The average Bonchev–Trinajstić information content (AvgIpc) is 2.80. The van der Waals surface area contributed by atoms with Gasteiger partial charge in [0.1, 0.15) is 0 Å². The zero-order chi connectivity index (χ0) is 10.4. The van der Waals surface area contributed by atoms with Gasteiger partial charge < -0.3 is 0 Å². The van der Waals surface area contributed by atoms with Gasteiger partial charge in [0.25, 0.3) is 0 Å². The summed E-state index contributed by atoms with van der Waals surface area (Å²) in [5.74, 6) is 0. The van der Waals surface area contributed by atoms with E-state index >= 15 is 0 Å². The molecular weight excluding hydrogens is 366 g/mol. The maximum Gasteiger partial charge on any atom is 2.00 e. The Bertz CT molecular complexity index is 280. The molecule has 0 amide bonds. The number of hydrogen-bond acceptors (Lipinski definition) is 0. The molecule has 0 nitrogen and oxygen atoms in total. The monoisotopic (exact) mass is 384 g/mol. The van der Waals surface area contributed by atoms with Crippen LogP contribution in [0.3, 0.4) is 0 Å². The Labute approximate surface area is 117 Å². The third kappa shape index (κ3) is 6.73. The van der Waals surface area contributed by atoms with Crippen LogP contribution in [0.2, 0.25) is 14.8 Å². The molecule has 0 heterocycles. The van der Waals surface area contributed by atoms with Gasteiger partial charge in [-0.25, -0.2) is 12.2 Å². The van der Waals surface area contributed by atoms with Crippen LogP contribution in [0.15, 0.2) is 34.0 Å². The second kappa shape index (κ2) is 7.84. The van der Waals surface area contributed by atoms with Crippen molar-refractivity contribution < 1.29 is 26.2 Å². The molecule has 0 spiro atoms. The van der Waals surface area contributed by atoms with E-state index in [9.17, 15) is 0 Å². The Hall–Kier alpha value is 0.642. The van der Waals surface area contributed by atoms with E-state index in [1.54, 1.807) is 3.59 Å². The molecule has 2 heteroatoms. The molecule has 0 radical (unpaired) electrons. The van der Waals surface area contributed by atoms with Gasteiger partial charge in [0.15, 0.2) is 0 Å². The van der Waals surface area contributed by atoms with E-state index in [0.29, 0.717) is 0 Å². The second-order valence-electron chi connectivity index (χ2n) is 4.45. The van der Waals surface area contributed by atoms with Crippen molar-refractivity contribution in [1.82, 2.24) is 0 Å². The SMILES string of the molecule is [C-]1=CC=CC1.[CH3][Sn]([CH3])([CH3])[C]1=[C-]CC=C1.[Zr+2]. The summed E-state index contributed by atoms with van der Waals surface area (Å²) in [5, 5.41) is 0. The molecule has 0 aromatic heterocycles. The van der Waals surface area contributed by atoms with Gasteiger partial charge in [-0.2, -0.15) is 6.08 Å². The predicted molar refractivity (Wildman–Crippen MR) is 65.4 cm³/mol. The first-order valence-electron chi connectivity index (χ1n) is 5.10. The van der Waals surface area contributed by atoms with Crippen molar-refractivity contribution in [2.24, 2.45) is 0 Å². The van der Waals surface area contributed by atoms with Gasteiger partial charge in [0.2, 0.25) is 0 Å². The predicted octanol–water partition coefficient (Wildman–Crippen LogP) is 3.86. The van der Waals surface area contributed by atoms with Crippen molar-refractivity contribution >= 4 is 18.4 Å². The van der Waals surface area contributed by atoms with E-state index in [4.69, 9.17) is 0 Å². The molecule has 0 bridgehead atoms. The van der Waals surface area contributed by atoms with Crippen molar-refractivity contribution in [1.29, 1.82) is 0 Å². The van der Waals surface area contributed by atoms with E-state index in [1.807, 2.05) is 12.2 Å². The summed E-state index contributed by atoms with van der Waals surface area (Å²) in [7, 11) is 0. The van der Waals surface area contributed by atoms with E-state index in [0.717, 1.165) is 12.8 Å². The summed E-state index contributed by atoms with van der Waals surface area (Å²) in [5.41, 5.74) is 0. The van der Waals surface area contributed by atoms with Gasteiger partial charge in [-0.3, -0.25) is 6.08 Å². The van der Waals surface area contributed by atoms with Crippen LogP contribution in [0.25, 0.3) is 0 Å². The molecular formula is C13H18SnZr. The first-order chi connectivity index (χ1) is 6.61. The smallest absolute Gasteiger partial charge is 2.00 e. The van der Waals surface area contributed by atoms with Gasteiger partial charge >= 0.3 is 87.6 Å². The molecule has 0 saturated carbocycles. The van der Waals surface area contributed by atoms with Gasteiger partial charge in [0, 0.05) is 0 Å². The minimum Gasteiger partial charge on any atom is 2.00 e. The molecule has 2 aliphatic rings. The Kier molecular flexibility index (Phi) is 8.18. The summed E-state index contributed by atoms with van der Waals surface area (Å²) in [6.45, 7) is 0. The standard InChI is InChI=1S/C5H5.C5H4.3CH3.Sn.Zr/c2*1-2-4-5-3-1;;;;;/h1-3H,4H2;1-2H,3H2;3*1H3;;/q2*-1;;;;;+2. The molecule has 0 aliphatic heterocycles. The maximum atomic E-state index is 3.40. The molecule has 0 unspecified atom stereocenters. The van der Waals surface area contributed by atoms with Gasteiger partial charge in [-0.05, 0) is 0 Å². The minimum atomic E-state index is -1.67. The normalized spacial score (nSPS) is 16.9. The Morgan fingerprint density at radius 1 is 1.13 bits per heavy atom. The fourth-order valence-corrected chi connectivity index (χ4v) is 4.83. The summed E-state index contributed by atoms with van der Waals surface area (Å²) < 4.78 is 1.56. The zero-order valence-corrected chi connectivity index (χ0v) is 15.1. The number of rotatable bonds is 1. The molecule has 0 saturated heterocycles. The van der Waals surface area contributed by atoms with E-state index in [2.05, 4.69) is 45.2 Å². The van der Waals surface area contributed by atoms with Crippen LogP contribution in [0.1, 0.15) is 12.8 Å². The van der Waals surface area contributed by atoms with Crippen LogP contribution >= 0.6 is 0 Å². The molecule has 15 heavy (non-hydrogen) atoms. The molecule has 0 N–H and O–H groups in total. The van der Waals surface area contributed by atoms with Crippen molar-refractivity contribution in [3.8, 4) is 0 Å². The third-order valence-corrected chi connectivity index (χ3v) is 7.68. The molecule has 78 valence electrons. The molecule has 0 atom stereocenters. The molecule has 2 aliphatic carbocycles. The van der Waals surface area contributed by atoms with Crippen molar-refractivity contribution in [3.05, 3.63) is 46.1 Å². The van der Waals surface area contributed by atoms with Gasteiger partial charge in [0.05, 0.1) is 0 Å². The minimum absolute atomic E-state index is 0. The maximum absolute atomic E-state index is 3.40. The van der Waals surface area contributed by atoms with Crippen LogP contribution in [0.5, 0.6) is 0 Å². The molecule has 0 aromatic rings. The Balaban J connectivity index is 0.000000280. The third-order valence-electron chi connectivity index (χ3n) is 2.09. The van der Waals surface area contributed by atoms with Gasteiger partial charge in [-0.15, -0.1) is 6.42 Å². The van der Waals surface area contributed by atoms with E-state index in [-0.39, 0.29) is 26.2 Å². The summed E-state index contributed by atoms with van der Waals surface area (Å²) in [6.07, 6.45) is 18.9. The average molecular weight is 384 g/mol. The summed E-state index contributed by atoms with van der Waals surface area (Å²) in [4.78, 5) is 7.27. The summed E-state index contributed by atoms with van der Waals surface area (Å²) in [6, 6.07) is 0. The fraction of sp³-hybridized carbons (Fsp3) is 0.385. The zero-order valence-electron chi connectivity index (χ0n) is 9.80. The van der Waals surface area contributed by atoms with Gasteiger partial charge in [-0.1, -0.05) is 0 Å². The quantitative estimate of drug-likeness (QED) is 0.476. The van der Waals surface area contributed by atoms with Crippen molar-refractivity contribution in [2.45, 2.75) is 27.7 Å². The van der Waals surface area contributed by atoms with Crippen LogP contribution < -0.4 is 0 Å². The molecule has 2 rings (SSSR count). The number of allylic oxidation sites excluding steroid dienone is 8. The first-order valence-corrected chi connectivity index (χ1v) is 15.1. The number of hydrogen-bond donors (Lipinski definition) is 0. The van der Waals surface area contributed by atoms with E-state index in [1.165, 1.54) is 0 Å². The second-order valence-corrected chi connectivity index (χ2v) is 18.8. The van der Waals surface area contributed by atoms with Crippen molar-refractivity contribution in [2.75, 3.05) is 0 Å². The Morgan fingerprint density at radius 2 is 1.87 bits per heavy atom. The van der Waals surface area contributed by atoms with Crippen LogP contribution in [0, 0.1) is 12.2 Å². The summed E-state index contributed by atoms with van der Waals surface area (Å²) >= 11 is -1.67. The van der Waals surface area contributed by atoms with Crippen LogP contribution in [0.4, 0.5) is 0 Å². The topological polar surface area (TPSA) is 0 Å². The largest absolute Gasteiger partial charge is 2.00 e. The molecule has 0 aromatic carbocycles. The molecule has 0 fully saturated rings. The first kappa shape index (κ1) is 15.6. The van der Waals surface area contributed by atoms with E-state index < -0.39 is 18.4 Å².